The summed E-state index contributed by atoms with van der Waals surface area (Å²) in [5.74, 6) is 0.133. The molecule has 4 nitrogen and oxygen atoms in total. The zero-order valence-electron chi connectivity index (χ0n) is 13.8. The molecular formula is C18H24FN3O. The van der Waals surface area contributed by atoms with E-state index in [1.165, 1.54) is 42.4 Å². The number of nitriles is 1. The Balaban J connectivity index is 1.89. The molecule has 1 aromatic rings. The zero-order valence-corrected chi connectivity index (χ0v) is 13.8. The summed E-state index contributed by atoms with van der Waals surface area (Å²) in [5.41, 5.74) is 0.766. The molecule has 1 aliphatic carbocycles. The van der Waals surface area contributed by atoms with Gasteiger partial charge in [0, 0.05) is 25.2 Å². The molecule has 0 aliphatic heterocycles. The van der Waals surface area contributed by atoms with E-state index in [1.54, 1.807) is 7.05 Å². The van der Waals surface area contributed by atoms with Crippen molar-refractivity contribution in [1.29, 1.82) is 5.26 Å². The Morgan fingerprint density at radius 1 is 1.43 bits per heavy atom. The molecular weight excluding hydrogens is 293 g/mol. The quantitative estimate of drug-likeness (QED) is 0.908. The molecule has 2 rings (SSSR count). The summed E-state index contributed by atoms with van der Waals surface area (Å²) in [6.07, 6.45) is 4.78. The Morgan fingerprint density at radius 3 is 2.87 bits per heavy atom. The number of likely N-dealkylation sites (N-methyl/N-ethyl adjacent to an activating group) is 1. The molecule has 1 amide bonds. The highest BCUT2D eigenvalue weighted by molar-refractivity contribution is 5.78. The van der Waals surface area contributed by atoms with E-state index in [-0.39, 0.29) is 19.0 Å². The zero-order chi connectivity index (χ0) is 16.8. The SMILES string of the molecule is C[C@H]1CCCC[C@@H]1NCC(=O)N(C)Cc1cc(C#N)ccc1F. The van der Waals surface area contributed by atoms with Gasteiger partial charge >= 0.3 is 0 Å². The fourth-order valence-corrected chi connectivity index (χ4v) is 3.08. The third-order valence-corrected chi connectivity index (χ3v) is 4.64. The molecule has 0 heterocycles. The standard InChI is InChI=1S/C18H24FN3O/c1-13-5-3-4-6-17(13)21-11-18(23)22(2)12-15-9-14(10-20)7-8-16(15)19/h7-9,13,17,21H,3-6,11-12H2,1-2H3/t13-,17-/m0/s1. The first kappa shape index (κ1) is 17.4. The van der Waals surface area contributed by atoms with Gasteiger partial charge < -0.3 is 10.2 Å². The van der Waals surface area contributed by atoms with E-state index in [4.69, 9.17) is 5.26 Å². The van der Waals surface area contributed by atoms with Gasteiger partial charge in [-0.3, -0.25) is 4.79 Å². The number of carbonyl (C=O) groups excluding carboxylic acids is 1. The Bertz CT molecular complexity index is 596. The normalized spacial score (nSPS) is 20.8. The van der Waals surface area contributed by atoms with Gasteiger partial charge in [0.25, 0.3) is 0 Å². The van der Waals surface area contributed by atoms with Crippen LogP contribution in [0.1, 0.15) is 43.7 Å². The van der Waals surface area contributed by atoms with Crippen molar-refractivity contribution in [3.05, 3.63) is 35.1 Å². The number of halogens is 1. The number of amides is 1. The van der Waals surface area contributed by atoms with Gasteiger partial charge in [-0.2, -0.15) is 5.26 Å². The van der Waals surface area contributed by atoms with Gasteiger partial charge in [0.2, 0.25) is 5.91 Å². The number of nitrogens with zero attached hydrogens (tertiary/aromatic N) is 2. The number of rotatable bonds is 5. The number of hydrogen-bond donors (Lipinski definition) is 1. The fourth-order valence-electron chi connectivity index (χ4n) is 3.08. The molecule has 1 N–H and O–H groups in total. The topological polar surface area (TPSA) is 56.1 Å². The van der Waals surface area contributed by atoms with Crippen LogP contribution in [0.25, 0.3) is 0 Å². The summed E-state index contributed by atoms with van der Waals surface area (Å²) in [7, 11) is 1.66. The van der Waals surface area contributed by atoms with E-state index in [9.17, 15) is 9.18 Å². The average molecular weight is 317 g/mol. The predicted molar refractivity (Wildman–Crippen MR) is 87.0 cm³/mol. The summed E-state index contributed by atoms with van der Waals surface area (Å²) in [6, 6.07) is 6.58. The molecule has 0 unspecified atom stereocenters. The molecule has 1 aliphatic rings. The Labute approximate surface area is 137 Å². The Morgan fingerprint density at radius 2 is 2.17 bits per heavy atom. The van der Waals surface area contributed by atoms with Gasteiger partial charge in [-0.25, -0.2) is 4.39 Å². The number of benzene rings is 1. The number of nitrogens with one attached hydrogen (secondary N) is 1. The number of carbonyl (C=O) groups is 1. The molecule has 1 aromatic carbocycles. The first-order chi connectivity index (χ1) is 11.0. The Kier molecular flexibility index (Phi) is 6.12. The lowest BCUT2D eigenvalue weighted by atomic mass is 9.86. The molecule has 0 spiro atoms. The maximum atomic E-state index is 13.8. The molecule has 0 saturated heterocycles. The fraction of sp³-hybridized carbons (Fsp3) is 0.556. The summed E-state index contributed by atoms with van der Waals surface area (Å²) >= 11 is 0. The van der Waals surface area contributed by atoms with Gasteiger partial charge in [0.05, 0.1) is 18.2 Å². The van der Waals surface area contributed by atoms with Crippen molar-refractivity contribution in [2.24, 2.45) is 5.92 Å². The molecule has 5 heteroatoms. The maximum absolute atomic E-state index is 13.8. The van der Waals surface area contributed by atoms with Crippen LogP contribution in [0.2, 0.25) is 0 Å². The van der Waals surface area contributed by atoms with Crippen LogP contribution in [-0.4, -0.2) is 30.4 Å². The van der Waals surface area contributed by atoms with Crippen molar-refractivity contribution in [3.8, 4) is 6.07 Å². The van der Waals surface area contributed by atoms with Crippen LogP contribution < -0.4 is 5.32 Å². The smallest absolute Gasteiger partial charge is 0.236 e. The van der Waals surface area contributed by atoms with E-state index in [0.717, 1.165) is 6.42 Å². The second-order valence-corrected chi connectivity index (χ2v) is 6.42. The van der Waals surface area contributed by atoms with E-state index < -0.39 is 5.82 Å². The molecule has 1 saturated carbocycles. The third kappa shape index (κ3) is 4.77. The first-order valence-corrected chi connectivity index (χ1v) is 8.17. The monoisotopic (exact) mass is 317 g/mol. The number of hydrogen-bond acceptors (Lipinski definition) is 3. The Hall–Kier alpha value is -1.93. The second kappa shape index (κ2) is 8.07. The van der Waals surface area contributed by atoms with E-state index in [0.29, 0.717) is 23.1 Å². The van der Waals surface area contributed by atoms with Crippen molar-refractivity contribution in [1.82, 2.24) is 10.2 Å². The highest BCUT2D eigenvalue weighted by Crippen LogP contribution is 2.23. The van der Waals surface area contributed by atoms with Crippen molar-refractivity contribution in [2.75, 3.05) is 13.6 Å². The summed E-state index contributed by atoms with van der Waals surface area (Å²) in [5, 5.41) is 12.2. The first-order valence-electron chi connectivity index (χ1n) is 8.17. The van der Waals surface area contributed by atoms with Crippen LogP contribution in [0.4, 0.5) is 4.39 Å². The van der Waals surface area contributed by atoms with Gasteiger partial charge in [-0.15, -0.1) is 0 Å². The van der Waals surface area contributed by atoms with Crippen LogP contribution >= 0.6 is 0 Å². The summed E-state index contributed by atoms with van der Waals surface area (Å²) in [6.45, 7) is 2.65. The van der Waals surface area contributed by atoms with Crippen LogP contribution in [0, 0.1) is 23.1 Å². The van der Waals surface area contributed by atoms with Crippen LogP contribution in [0.5, 0.6) is 0 Å². The van der Waals surface area contributed by atoms with Gasteiger partial charge in [0.1, 0.15) is 5.82 Å². The lowest BCUT2D eigenvalue weighted by Gasteiger charge is -2.30. The highest BCUT2D eigenvalue weighted by Gasteiger charge is 2.22. The van der Waals surface area contributed by atoms with E-state index in [1.807, 2.05) is 6.07 Å². The maximum Gasteiger partial charge on any atom is 0.236 e. The minimum atomic E-state index is -0.391. The summed E-state index contributed by atoms with van der Waals surface area (Å²) < 4.78 is 13.8. The third-order valence-electron chi connectivity index (χ3n) is 4.64. The molecule has 0 radical (unpaired) electrons. The minimum absolute atomic E-state index is 0.0652. The lowest BCUT2D eigenvalue weighted by molar-refractivity contribution is -0.129. The van der Waals surface area contributed by atoms with Crippen molar-refractivity contribution in [2.45, 2.75) is 45.2 Å². The second-order valence-electron chi connectivity index (χ2n) is 6.42. The molecule has 124 valence electrons. The van der Waals surface area contributed by atoms with Gasteiger partial charge in [0.15, 0.2) is 0 Å². The van der Waals surface area contributed by atoms with Crippen molar-refractivity contribution >= 4 is 5.91 Å². The molecule has 0 bridgehead atoms. The van der Waals surface area contributed by atoms with Gasteiger partial charge in [-0.1, -0.05) is 19.8 Å². The minimum Gasteiger partial charge on any atom is -0.340 e. The van der Waals surface area contributed by atoms with Gasteiger partial charge in [-0.05, 0) is 37.0 Å². The van der Waals surface area contributed by atoms with Crippen LogP contribution in [-0.2, 0) is 11.3 Å². The molecule has 1 fully saturated rings. The lowest BCUT2D eigenvalue weighted by Crippen LogP contribution is -2.43. The largest absolute Gasteiger partial charge is 0.340 e. The predicted octanol–water partition coefficient (Wildman–Crippen LogP) is 2.82. The molecule has 2 atom stereocenters. The van der Waals surface area contributed by atoms with Crippen molar-refractivity contribution < 1.29 is 9.18 Å². The van der Waals surface area contributed by atoms with Crippen molar-refractivity contribution in [3.63, 3.8) is 0 Å². The van der Waals surface area contributed by atoms with Crippen LogP contribution in [0.15, 0.2) is 18.2 Å². The highest BCUT2D eigenvalue weighted by atomic mass is 19.1. The average Bonchev–Trinajstić information content (AvgIpc) is 2.55. The van der Waals surface area contributed by atoms with Crippen LogP contribution in [0.3, 0.4) is 0 Å². The van der Waals surface area contributed by atoms with E-state index >= 15 is 0 Å². The molecule has 0 aromatic heterocycles. The molecule has 23 heavy (non-hydrogen) atoms. The summed E-state index contributed by atoms with van der Waals surface area (Å²) in [4.78, 5) is 13.7. The van der Waals surface area contributed by atoms with E-state index in [2.05, 4.69) is 12.2 Å².